The van der Waals surface area contributed by atoms with E-state index in [1.807, 2.05) is 41.8 Å². The Labute approximate surface area is 171 Å². The molecule has 2 aromatic heterocycles. The molecular formula is C22H17N3O3S. The summed E-state index contributed by atoms with van der Waals surface area (Å²) in [6.45, 7) is 1.70. The van der Waals surface area contributed by atoms with Crippen molar-refractivity contribution in [1.82, 2.24) is 4.98 Å². The van der Waals surface area contributed by atoms with Crippen LogP contribution in [0.4, 0.5) is 11.4 Å². The summed E-state index contributed by atoms with van der Waals surface area (Å²) >= 11 is 1.36. The van der Waals surface area contributed by atoms with Gasteiger partial charge in [-0.1, -0.05) is 30.3 Å². The third kappa shape index (κ3) is 4.25. The summed E-state index contributed by atoms with van der Waals surface area (Å²) < 4.78 is 5.65. The zero-order chi connectivity index (χ0) is 20.2. The fourth-order valence-electron chi connectivity index (χ4n) is 2.78. The van der Waals surface area contributed by atoms with Gasteiger partial charge in [0.15, 0.2) is 5.69 Å². The minimum absolute atomic E-state index is 0.191. The molecule has 2 amide bonds. The number of rotatable bonds is 5. The lowest BCUT2D eigenvalue weighted by Crippen LogP contribution is -2.14. The monoisotopic (exact) mass is 403 g/mol. The molecule has 2 heterocycles. The maximum absolute atomic E-state index is 12.7. The predicted octanol–water partition coefficient (Wildman–Crippen LogP) is 5.22. The number of aryl methyl sites for hydroxylation is 1. The van der Waals surface area contributed by atoms with E-state index in [9.17, 15) is 9.59 Å². The Morgan fingerprint density at radius 3 is 2.31 bits per heavy atom. The van der Waals surface area contributed by atoms with Crippen LogP contribution in [0.5, 0.6) is 0 Å². The zero-order valence-corrected chi connectivity index (χ0v) is 16.3. The number of hydrogen-bond donors (Lipinski definition) is 2. The van der Waals surface area contributed by atoms with E-state index < -0.39 is 0 Å². The van der Waals surface area contributed by atoms with Gasteiger partial charge in [-0.3, -0.25) is 9.59 Å². The summed E-state index contributed by atoms with van der Waals surface area (Å²) in [5.74, 6) is 0.257. The second-order valence-corrected chi connectivity index (χ2v) is 7.20. The van der Waals surface area contributed by atoms with Gasteiger partial charge in [0, 0.05) is 16.9 Å². The number of benzene rings is 2. The molecule has 29 heavy (non-hydrogen) atoms. The molecule has 7 heteroatoms. The van der Waals surface area contributed by atoms with Crippen LogP contribution in [0.25, 0.3) is 11.5 Å². The number of hydrogen-bond acceptors (Lipinski definition) is 5. The molecule has 2 aromatic carbocycles. The SMILES string of the molecule is Cc1oc(-c2ccccc2)nc1C(=O)Nc1cccc(NC(=O)c2cccs2)c1. The molecule has 0 saturated carbocycles. The summed E-state index contributed by atoms with van der Waals surface area (Å²) in [5, 5.41) is 7.47. The van der Waals surface area contributed by atoms with Gasteiger partial charge in [-0.05, 0) is 48.7 Å². The van der Waals surface area contributed by atoms with Gasteiger partial charge in [0.1, 0.15) is 5.76 Å². The first-order valence-corrected chi connectivity index (χ1v) is 9.77. The van der Waals surface area contributed by atoms with E-state index in [2.05, 4.69) is 15.6 Å². The second kappa shape index (κ2) is 8.12. The molecule has 0 aliphatic rings. The zero-order valence-electron chi connectivity index (χ0n) is 15.5. The maximum Gasteiger partial charge on any atom is 0.277 e. The van der Waals surface area contributed by atoms with E-state index in [4.69, 9.17) is 4.42 Å². The number of thiophene rings is 1. The molecule has 0 spiro atoms. The van der Waals surface area contributed by atoms with Gasteiger partial charge in [-0.15, -0.1) is 11.3 Å². The molecule has 0 saturated heterocycles. The number of anilines is 2. The first kappa shape index (κ1) is 18.6. The van der Waals surface area contributed by atoms with Crippen molar-refractivity contribution in [2.24, 2.45) is 0 Å². The second-order valence-electron chi connectivity index (χ2n) is 6.26. The molecule has 4 rings (SSSR count). The Hall–Kier alpha value is -3.71. The van der Waals surface area contributed by atoms with Gasteiger partial charge < -0.3 is 15.1 Å². The summed E-state index contributed by atoms with van der Waals surface area (Å²) in [6, 6.07) is 19.9. The van der Waals surface area contributed by atoms with E-state index in [-0.39, 0.29) is 17.5 Å². The van der Waals surface area contributed by atoms with Crippen LogP contribution in [0.1, 0.15) is 25.9 Å². The molecule has 0 bridgehead atoms. The van der Waals surface area contributed by atoms with E-state index in [0.717, 1.165) is 5.56 Å². The van der Waals surface area contributed by atoms with E-state index in [1.54, 1.807) is 37.3 Å². The van der Waals surface area contributed by atoms with Crippen molar-refractivity contribution in [1.29, 1.82) is 0 Å². The Morgan fingerprint density at radius 2 is 1.62 bits per heavy atom. The minimum atomic E-state index is -0.379. The summed E-state index contributed by atoms with van der Waals surface area (Å²) in [7, 11) is 0. The van der Waals surface area contributed by atoms with Crippen LogP contribution < -0.4 is 10.6 Å². The predicted molar refractivity (Wildman–Crippen MR) is 113 cm³/mol. The highest BCUT2D eigenvalue weighted by molar-refractivity contribution is 7.12. The number of carbonyl (C=O) groups excluding carboxylic acids is 2. The van der Waals surface area contributed by atoms with Crippen LogP contribution in [0, 0.1) is 6.92 Å². The first-order valence-electron chi connectivity index (χ1n) is 8.89. The van der Waals surface area contributed by atoms with Gasteiger partial charge in [-0.2, -0.15) is 0 Å². The third-order valence-electron chi connectivity index (χ3n) is 4.16. The fourth-order valence-corrected chi connectivity index (χ4v) is 3.40. The molecule has 0 radical (unpaired) electrons. The number of oxazole rings is 1. The van der Waals surface area contributed by atoms with Crippen molar-refractivity contribution in [3.63, 3.8) is 0 Å². The Kier molecular flexibility index (Phi) is 5.22. The van der Waals surface area contributed by atoms with Crippen molar-refractivity contribution in [2.45, 2.75) is 6.92 Å². The highest BCUT2D eigenvalue weighted by atomic mass is 32.1. The van der Waals surface area contributed by atoms with Gasteiger partial charge in [0.05, 0.1) is 4.88 Å². The molecule has 144 valence electrons. The molecule has 4 aromatic rings. The fraction of sp³-hybridized carbons (Fsp3) is 0.0455. The molecule has 0 aliphatic heterocycles. The summed E-state index contributed by atoms with van der Waals surface area (Å²) in [5.41, 5.74) is 2.15. The van der Waals surface area contributed by atoms with Crippen LogP contribution in [0.3, 0.4) is 0 Å². The first-order chi connectivity index (χ1) is 14.1. The van der Waals surface area contributed by atoms with Gasteiger partial charge >= 0.3 is 0 Å². The quantitative estimate of drug-likeness (QED) is 0.479. The maximum atomic E-state index is 12.7. The largest absolute Gasteiger partial charge is 0.441 e. The molecule has 0 fully saturated rings. The Morgan fingerprint density at radius 1 is 0.897 bits per heavy atom. The standard InChI is InChI=1S/C22H17N3O3S/c1-14-19(25-22(28-14)15-7-3-2-4-8-15)21(27)24-17-10-5-9-16(13-17)23-20(26)18-11-6-12-29-18/h2-13H,1H3,(H,23,26)(H,24,27). The minimum Gasteiger partial charge on any atom is -0.441 e. The van der Waals surface area contributed by atoms with Gasteiger partial charge in [0.25, 0.3) is 11.8 Å². The smallest absolute Gasteiger partial charge is 0.277 e. The van der Waals surface area contributed by atoms with E-state index in [1.165, 1.54) is 11.3 Å². The average Bonchev–Trinajstić information content (AvgIpc) is 3.39. The highest BCUT2D eigenvalue weighted by Crippen LogP contribution is 2.23. The lowest BCUT2D eigenvalue weighted by atomic mass is 10.2. The summed E-state index contributed by atoms with van der Waals surface area (Å²) in [6.07, 6.45) is 0. The number of nitrogens with one attached hydrogen (secondary N) is 2. The van der Waals surface area contributed by atoms with Crippen molar-refractivity contribution < 1.29 is 14.0 Å². The Balaban J connectivity index is 1.49. The van der Waals surface area contributed by atoms with E-state index >= 15 is 0 Å². The number of nitrogens with zero attached hydrogens (tertiary/aromatic N) is 1. The van der Waals surface area contributed by atoms with Crippen LogP contribution in [0.15, 0.2) is 76.5 Å². The highest BCUT2D eigenvalue weighted by Gasteiger charge is 2.18. The van der Waals surface area contributed by atoms with Crippen LogP contribution >= 0.6 is 11.3 Å². The van der Waals surface area contributed by atoms with Crippen molar-refractivity contribution in [3.8, 4) is 11.5 Å². The van der Waals surface area contributed by atoms with Crippen LogP contribution in [-0.2, 0) is 0 Å². The molecule has 0 aliphatic carbocycles. The molecule has 0 unspecified atom stereocenters. The topological polar surface area (TPSA) is 84.2 Å². The van der Waals surface area contributed by atoms with Gasteiger partial charge in [0.2, 0.25) is 5.89 Å². The molecule has 6 nitrogen and oxygen atoms in total. The number of carbonyl (C=O) groups is 2. The van der Waals surface area contributed by atoms with E-state index in [0.29, 0.717) is 27.9 Å². The molecule has 0 atom stereocenters. The number of aromatic nitrogens is 1. The van der Waals surface area contributed by atoms with Crippen molar-refractivity contribution in [2.75, 3.05) is 10.6 Å². The third-order valence-corrected chi connectivity index (χ3v) is 5.02. The van der Waals surface area contributed by atoms with Crippen molar-refractivity contribution >= 4 is 34.5 Å². The summed E-state index contributed by atoms with van der Waals surface area (Å²) in [4.78, 5) is 29.8. The lowest BCUT2D eigenvalue weighted by Gasteiger charge is -2.07. The van der Waals surface area contributed by atoms with Crippen molar-refractivity contribution in [3.05, 3.63) is 88.4 Å². The van der Waals surface area contributed by atoms with Crippen LogP contribution in [-0.4, -0.2) is 16.8 Å². The van der Waals surface area contributed by atoms with Crippen LogP contribution in [0.2, 0.25) is 0 Å². The Bertz CT molecular complexity index is 1150. The number of amides is 2. The average molecular weight is 403 g/mol. The lowest BCUT2D eigenvalue weighted by molar-refractivity contribution is 0.101. The normalized spacial score (nSPS) is 10.5. The molecule has 2 N–H and O–H groups in total. The van der Waals surface area contributed by atoms with Gasteiger partial charge in [-0.25, -0.2) is 4.98 Å². The molecular weight excluding hydrogens is 386 g/mol.